The van der Waals surface area contributed by atoms with Crippen molar-refractivity contribution in [2.75, 3.05) is 13.1 Å². The molecule has 0 aliphatic carbocycles. The Kier molecular flexibility index (Phi) is 5.70. The summed E-state index contributed by atoms with van der Waals surface area (Å²) >= 11 is 0. The van der Waals surface area contributed by atoms with Gasteiger partial charge in [0.1, 0.15) is 29.7 Å². The van der Waals surface area contributed by atoms with Crippen LogP contribution in [0.1, 0.15) is 18.4 Å². The van der Waals surface area contributed by atoms with E-state index in [1.165, 1.54) is 4.68 Å². The summed E-state index contributed by atoms with van der Waals surface area (Å²) in [5.41, 5.74) is 2.58. The number of nitrogens with zero attached hydrogens (tertiary/aromatic N) is 4. The summed E-state index contributed by atoms with van der Waals surface area (Å²) in [7, 11) is 0. The van der Waals surface area contributed by atoms with Crippen molar-refractivity contribution >= 4 is 17.1 Å². The van der Waals surface area contributed by atoms with E-state index in [4.69, 9.17) is 9.47 Å². The van der Waals surface area contributed by atoms with E-state index in [1.807, 2.05) is 83.8 Å². The molecule has 0 spiro atoms. The summed E-state index contributed by atoms with van der Waals surface area (Å²) in [4.78, 5) is 14.7. The highest BCUT2D eigenvalue weighted by molar-refractivity contribution is 5.87. The average molecular weight is 428 g/mol. The minimum atomic E-state index is -0.142. The molecule has 1 aliphatic rings. The molecule has 0 bridgehead atoms. The lowest BCUT2D eigenvalue weighted by atomic mass is 10.1. The number of likely N-dealkylation sites (tertiary alicyclic amines) is 1. The first-order chi connectivity index (χ1) is 15.8. The smallest absolute Gasteiger partial charge is 0.346 e. The summed E-state index contributed by atoms with van der Waals surface area (Å²) in [6.45, 7) is 1.78. The van der Waals surface area contributed by atoms with E-state index >= 15 is 0 Å². The summed E-state index contributed by atoms with van der Waals surface area (Å²) in [5.74, 6) is 1.62. The maximum atomic E-state index is 12.9. The third-order valence-electron chi connectivity index (χ3n) is 5.62. The fraction of sp³-hybridized carbons (Fsp3) is 0.240. The topological polar surface area (TPSA) is 69.5 Å². The lowest BCUT2D eigenvalue weighted by Crippen LogP contribution is -2.43. The number of aromatic nitrogens is 3. The number of benzene rings is 3. The van der Waals surface area contributed by atoms with Crippen molar-refractivity contribution in [3.63, 3.8) is 0 Å². The van der Waals surface area contributed by atoms with Gasteiger partial charge >= 0.3 is 6.03 Å². The first-order valence-corrected chi connectivity index (χ1v) is 10.8. The Labute approximate surface area is 186 Å². The zero-order chi connectivity index (χ0) is 21.8. The molecule has 1 aliphatic heterocycles. The number of carbonyl (C=O) groups is 1. The van der Waals surface area contributed by atoms with Gasteiger partial charge in [0, 0.05) is 25.9 Å². The number of hydrogen-bond acceptors (Lipinski definition) is 5. The molecule has 3 aromatic carbocycles. The van der Waals surface area contributed by atoms with Crippen LogP contribution >= 0.6 is 0 Å². The maximum absolute atomic E-state index is 12.9. The van der Waals surface area contributed by atoms with E-state index in [-0.39, 0.29) is 12.1 Å². The number of ether oxygens (including phenoxy) is 2. The Hall–Kier alpha value is -3.87. The van der Waals surface area contributed by atoms with E-state index < -0.39 is 0 Å². The fourth-order valence-electron chi connectivity index (χ4n) is 3.86. The highest BCUT2D eigenvalue weighted by atomic mass is 16.5. The number of carbonyl (C=O) groups excluding carboxylic acids is 1. The molecule has 5 rings (SSSR count). The highest BCUT2D eigenvalue weighted by Gasteiger charge is 2.26. The summed E-state index contributed by atoms with van der Waals surface area (Å²) < 4.78 is 13.3. The van der Waals surface area contributed by atoms with Crippen molar-refractivity contribution in [3.05, 3.63) is 84.4 Å². The molecular formula is C25H24N4O3. The molecule has 1 aromatic heterocycles. The van der Waals surface area contributed by atoms with Crippen LogP contribution in [0.25, 0.3) is 11.0 Å². The molecule has 0 saturated carbocycles. The monoisotopic (exact) mass is 428 g/mol. The Morgan fingerprint density at radius 2 is 1.56 bits per heavy atom. The summed E-state index contributed by atoms with van der Waals surface area (Å²) in [5, 5.41) is 8.11. The van der Waals surface area contributed by atoms with Crippen LogP contribution in [0.2, 0.25) is 0 Å². The highest BCUT2D eigenvalue weighted by Crippen LogP contribution is 2.23. The van der Waals surface area contributed by atoms with Crippen molar-refractivity contribution in [2.24, 2.45) is 0 Å². The molecule has 7 nitrogen and oxygen atoms in total. The quantitative estimate of drug-likeness (QED) is 0.467. The van der Waals surface area contributed by atoms with Gasteiger partial charge in [-0.05, 0) is 42.0 Å². The van der Waals surface area contributed by atoms with Crippen LogP contribution in [0.4, 0.5) is 4.79 Å². The summed E-state index contributed by atoms with van der Waals surface area (Å²) in [6, 6.07) is 25.1. The zero-order valence-corrected chi connectivity index (χ0v) is 17.6. The Bertz CT molecular complexity index is 1180. The molecule has 1 saturated heterocycles. The third-order valence-corrected chi connectivity index (χ3v) is 5.62. The second kappa shape index (κ2) is 9.09. The van der Waals surface area contributed by atoms with Crippen LogP contribution in [-0.2, 0) is 6.61 Å². The lowest BCUT2D eigenvalue weighted by Gasteiger charge is -2.31. The SMILES string of the molecule is O=C(N1CCC(Oc2ccc(OCc3ccccc3)cc2)CC1)n1nnc2ccccc21. The predicted molar refractivity (Wildman–Crippen MR) is 121 cm³/mol. The predicted octanol–water partition coefficient (Wildman–Crippen LogP) is 4.52. The molecule has 2 heterocycles. The van der Waals surface area contributed by atoms with Crippen LogP contribution in [0.5, 0.6) is 11.5 Å². The number of fused-ring (bicyclic) bond motifs is 1. The van der Waals surface area contributed by atoms with Crippen molar-refractivity contribution in [1.82, 2.24) is 19.9 Å². The largest absolute Gasteiger partial charge is 0.490 e. The van der Waals surface area contributed by atoms with Gasteiger partial charge < -0.3 is 14.4 Å². The number of piperidine rings is 1. The molecule has 4 aromatic rings. The Morgan fingerprint density at radius 3 is 2.34 bits per heavy atom. The van der Waals surface area contributed by atoms with E-state index in [9.17, 15) is 4.79 Å². The molecule has 7 heteroatoms. The molecule has 1 fully saturated rings. The van der Waals surface area contributed by atoms with Crippen molar-refractivity contribution in [3.8, 4) is 11.5 Å². The van der Waals surface area contributed by atoms with Gasteiger partial charge in [0.05, 0.1) is 5.52 Å². The lowest BCUT2D eigenvalue weighted by molar-refractivity contribution is 0.110. The van der Waals surface area contributed by atoms with Crippen molar-refractivity contribution < 1.29 is 14.3 Å². The second-order valence-electron chi connectivity index (χ2n) is 7.82. The van der Waals surface area contributed by atoms with E-state index in [0.29, 0.717) is 19.7 Å². The van der Waals surface area contributed by atoms with Gasteiger partial charge in [0.15, 0.2) is 0 Å². The van der Waals surface area contributed by atoms with Crippen LogP contribution < -0.4 is 9.47 Å². The van der Waals surface area contributed by atoms with Crippen LogP contribution in [0.3, 0.4) is 0 Å². The molecule has 1 amide bonds. The molecule has 32 heavy (non-hydrogen) atoms. The van der Waals surface area contributed by atoms with Crippen LogP contribution in [0.15, 0.2) is 78.9 Å². The molecule has 162 valence electrons. The van der Waals surface area contributed by atoms with E-state index in [2.05, 4.69) is 10.3 Å². The first kappa shape index (κ1) is 20.1. The molecule has 0 unspecified atom stereocenters. The Morgan fingerprint density at radius 1 is 0.875 bits per heavy atom. The molecule has 0 N–H and O–H groups in total. The standard InChI is InChI=1S/C25H24N4O3/c30-25(29-24-9-5-4-8-23(24)26-27-29)28-16-14-22(15-17-28)32-21-12-10-20(11-13-21)31-18-19-6-2-1-3-7-19/h1-13,22H,14-18H2. The van der Waals surface area contributed by atoms with E-state index in [1.54, 1.807) is 0 Å². The number of hydrogen-bond donors (Lipinski definition) is 0. The van der Waals surface area contributed by atoms with Gasteiger partial charge in [-0.25, -0.2) is 4.79 Å². The Balaban J connectivity index is 1.13. The number of amides is 1. The van der Waals surface area contributed by atoms with Gasteiger partial charge in [-0.1, -0.05) is 47.7 Å². The van der Waals surface area contributed by atoms with Crippen LogP contribution in [0, 0.1) is 0 Å². The number of para-hydroxylation sites is 1. The fourth-order valence-corrected chi connectivity index (χ4v) is 3.86. The zero-order valence-electron chi connectivity index (χ0n) is 17.6. The van der Waals surface area contributed by atoms with Gasteiger partial charge in [-0.2, -0.15) is 4.68 Å². The number of rotatable bonds is 5. The van der Waals surface area contributed by atoms with E-state index in [0.717, 1.165) is 40.9 Å². The van der Waals surface area contributed by atoms with Gasteiger partial charge in [0.2, 0.25) is 0 Å². The molecule has 0 radical (unpaired) electrons. The van der Waals surface area contributed by atoms with Gasteiger partial charge in [0.25, 0.3) is 0 Å². The first-order valence-electron chi connectivity index (χ1n) is 10.8. The minimum Gasteiger partial charge on any atom is -0.490 e. The van der Waals surface area contributed by atoms with Crippen LogP contribution in [-0.4, -0.2) is 45.1 Å². The third kappa shape index (κ3) is 4.42. The normalized spacial score (nSPS) is 14.4. The van der Waals surface area contributed by atoms with Crippen molar-refractivity contribution in [1.29, 1.82) is 0 Å². The molecular weight excluding hydrogens is 404 g/mol. The van der Waals surface area contributed by atoms with Crippen molar-refractivity contribution in [2.45, 2.75) is 25.6 Å². The van der Waals surface area contributed by atoms with Gasteiger partial charge in [-0.3, -0.25) is 0 Å². The molecule has 0 atom stereocenters. The van der Waals surface area contributed by atoms with Gasteiger partial charge in [-0.15, -0.1) is 5.10 Å². The minimum absolute atomic E-state index is 0.0719. The second-order valence-corrected chi connectivity index (χ2v) is 7.82. The average Bonchev–Trinajstić information content (AvgIpc) is 3.29. The summed E-state index contributed by atoms with van der Waals surface area (Å²) in [6.07, 6.45) is 1.61. The maximum Gasteiger partial charge on any atom is 0.346 e.